The summed E-state index contributed by atoms with van der Waals surface area (Å²) in [4.78, 5) is 22.3. The number of carbonyl (C=O) groups is 2. The number of nitrogens with two attached hydrogens (primary N) is 1. The van der Waals surface area contributed by atoms with Gasteiger partial charge in [-0.25, -0.2) is 0 Å². The third kappa shape index (κ3) is 6.60. The van der Waals surface area contributed by atoms with Gasteiger partial charge in [-0.1, -0.05) is 37.3 Å². The summed E-state index contributed by atoms with van der Waals surface area (Å²) in [6.07, 6.45) is 3.78. The van der Waals surface area contributed by atoms with Gasteiger partial charge in [-0.05, 0) is 24.8 Å². The zero-order chi connectivity index (χ0) is 14.1. The van der Waals surface area contributed by atoms with E-state index in [9.17, 15) is 9.59 Å². The quantitative estimate of drug-likeness (QED) is 0.743. The molecule has 0 spiro atoms. The Morgan fingerprint density at radius 3 is 2.63 bits per heavy atom. The van der Waals surface area contributed by atoms with Crippen molar-refractivity contribution in [1.29, 1.82) is 0 Å². The molecule has 0 aliphatic heterocycles. The third-order valence-corrected chi connectivity index (χ3v) is 2.97. The van der Waals surface area contributed by atoms with Crippen LogP contribution < -0.4 is 11.1 Å². The van der Waals surface area contributed by atoms with E-state index in [0.717, 1.165) is 6.42 Å². The van der Waals surface area contributed by atoms with Gasteiger partial charge in [-0.2, -0.15) is 0 Å². The second-order valence-corrected chi connectivity index (χ2v) is 4.61. The van der Waals surface area contributed by atoms with Crippen LogP contribution in [0.15, 0.2) is 30.3 Å². The molecule has 3 N–H and O–H groups in total. The topological polar surface area (TPSA) is 72.2 Å². The summed E-state index contributed by atoms with van der Waals surface area (Å²) >= 11 is 0. The molecule has 4 heteroatoms. The molecule has 1 rings (SSSR count). The molecule has 1 radical (unpaired) electrons. The minimum atomic E-state index is -0.331. The standard InChI is InChI=1S/C15H21N2O2/c1-12(15(16)19)10-11-17-14(18)9-5-8-13-6-3-2-4-7-13/h2-4,6-7,9,12H,5,8,10-11H2,1H3,(H2,16,19)(H,17,18)/t12-/m1/s1. The van der Waals surface area contributed by atoms with Gasteiger partial charge in [-0.15, -0.1) is 0 Å². The first kappa shape index (κ1) is 15.2. The summed E-state index contributed by atoms with van der Waals surface area (Å²) in [6, 6.07) is 10.0. The highest BCUT2D eigenvalue weighted by Gasteiger charge is 2.08. The molecule has 0 aromatic heterocycles. The zero-order valence-corrected chi connectivity index (χ0v) is 11.3. The van der Waals surface area contributed by atoms with Crippen molar-refractivity contribution in [2.75, 3.05) is 6.54 Å². The molecule has 0 unspecified atom stereocenters. The summed E-state index contributed by atoms with van der Waals surface area (Å²) in [5, 5.41) is 2.75. The van der Waals surface area contributed by atoms with Crippen molar-refractivity contribution in [2.24, 2.45) is 11.7 Å². The van der Waals surface area contributed by atoms with Crippen LogP contribution in [0.3, 0.4) is 0 Å². The van der Waals surface area contributed by atoms with E-state index in [4.69, 9.17) is 5.73 Å². The molecular weight excluding hydrogens is 240 g/mol. The fourth-order valence-electron chi connectivity index (χ4n) is 1.64. The van der Waals surface area contributed by atoms with E-state index in [1.165, 1.54) is 5.56 Å². The van der Waals surface area contributed by atoms with Crippen LogP contribution in [-0.2, 0) is 16.0 Å². The van der Waals surface area contributed by atoms with Crippen molar-refractivity contribution < 1.29 is 9.59 Å². The molecular formula is C15H21N2O2. The number of primary amides is 1. The van der Waals surface area contributed by atoms with Crippen LogP contribution in [-0.4, -0.2) is 18.4 Å². The highest BCUT2D eigenvalue weighted by Crippen LogP contribution is 2.04. The molecule has 0 aliphatic carbocycles. The Morgan fingerprint density at radius 1 is 1.32 bits per heavy atom. The highest BCUT2D eigenvalue weighted by atomic mass is 16.2. The van der Waals surface area contributed by atoms with E-state index in [0.29, 0.717) is 19.4 Å². The molecule has 0 fully saturated rings. The Labute approximate surface area is 114 Å². The van der Waals surface area contributed by atoms with Crippen LogP contribution >= 0.6 is 0 Å². The van der Waals surface area contributed by atoms with Gasteiger partial charge in [0.2, 0.25) is 11.8 Å². The number of nitrogens with one attached hydrogen (secondary N) is 1. The van der Waals surface area contributed by atoms with E-state index in [2.05, 4.69) is 5.32 Å². The first-order chi connectivity index (χ1) is 9.09. The van der Waals surface area contributed by atoms with Crippen LogP contribution in [0.1, 0.15) is 25.3 Å². The number of rotatable bonds is 8. The smallest absolute Gasteiger partial charge is 0.223 e. The van der Waals surface area contributed by atoms with E-state index in [-0.39, 0.29) is 17.7 Å². The molecule has 0 heterocycles. The van der Waals surface area contributed by atoms with Gasteiger partial charge in [0.15, 0.2) is 0 Å². The Balaban J connectivity index is 2.10. The van der Waals surface area contributed by atoms with Gasteiger partial charge in [-0.3, -0.25) is 9.59 Å². The number of amides is 2. The number of benzene rings is 1. The summed E-state index contributed by atoms with van der Waals surface area (Å²) in [5.74, 6) is -0.625. The van der Waals surface area contributed by atoms with Crippen LogP contribution in [0.5, 0.6) is 0 Å². The van der Waals surface area contributed by atoms with Crippen molar-refractivity contribution in [1.82, 2.24) is 5.32 Å². The molecule has 19 heavy (non-hydrogen) atoms. The minimum Gasteiger partial charge on any atom is -0.369 e. The summed E-state index contributed by atoms with van der Waals surface area (Å²) in [5.41, 5.74) is 6.35. The lowest BCUT2D eigenvalue weighted by atomic mass is 10.1. The maximum absolute atomic E-state index is 11.5. The maximum Gasteiger partial charge on any atom is 0.223 e. The van der Waals surface area contributed by atoms with Gasteiger partial charge in [0, 0.05) is 18.9 Å². The second kappa shape index (κ2) is 8.29. The first-order valence-corrected chi connectivity index (χ1v) is 6.54. The first-order valence-electron chi connectivity index (χ1n) is 6.54. The van der Waals surface area contributed by atoms with Crippen LogP contribution in [0, 0.1) is 12.3 Å². The Morgan fingerprint density at radius 2 is 2.00 bits per heavy atom. The van der Waals surface area contributed by atoms with Gasteiger partial charge < -0.3 is 11.1 Å². The lowest BCUT2D eigenvalue weighted by molar-refractivity contribution is -0.122. The van der Waals surface area contributed by atoms with Crippen molar-refractivity contribution in [3.05, 3.63) is 42.3 Å². The molecule has 0 saturated heterocycles. The second-order valence-electron chi connectivity index (χ2n) is 4.61. The largest absolute Gasteiger partial charge is 0.369 e. The zero-order valence-electron chi connectivity index (χ0n) is 11.3. The summed E-state index contributed by atoms with van der Waals surface area (Å²) in [7, 11) is 0. The normalized spacial score (nSPS) is 11.8. The molecule has 0 aliphatic rings. The minimum absolute atomic E-state index is 0.0902. The predicted molar refractivity (Wildman–Crippen MR) is 75.0 cm³/mol. The number of aryl methyl sites for hydroxylation is 1. The fourth-order valence-corrected chi connectivity index (χ4v) is 1.64. The molecule has 0 bridgehead atoms. The highest BCUT2D eigenvalue weighted by molar-refractivity contribution is 5.84. The third-order valence-electron chi connectivity index (χ3n) is 2.97. The van der Waals surface area contributed by atoms with Crippen LogP contribution in [0.25, 0.3) is 0 Å². The van der Waals surface area contributed by atoms with E-state index >= 15 is 0 Å². The lowest BCUT2D eigenvalue weighted by Gasteiger charge is -2.08. The number of carbonyl (C=O) groups excluding carboxylic acids is 2. The average molecular weight is 261 g/mol. The molecule has 4 nitrogen and oxygen atoms in total. The molecule has 1 aromatic rings. The van der Waals surface area contributed by atoms with Crippen molar-refractivity contribution in [3.63, 3.8) is 0 Å². The molecule has 1 aromatic carbocycles. The maximum atomic E-state index is 11.5. The number of hydrogen-bond donors (Lipinski definition) is 2. The Hall–Kier alpha value is -1.84. The Kier molecular flexibility index (Phi) is 6.64. The molecule has 2 amide bonds. The van der Waals surface area contributed by atoms with Crippen LogP contribution in [0.2, 0.25) is 0 Å². The Bertz CT molecular complexity index is 404. The summed E-state index contributed by atoms with van der Waals surface area (Å²) in [6.45, 7) is 2.23. The van der Waals surface area contributed by atoms with Crippen LogP contribution in [0.4, 0.5) is 0 Å². The van der Waals surface area contributed by atoms with E-state index in [1.54, 1.807) is 13.3 Å². The lowest BCUT2D eigenvalue weighted by Crippen LogP contribution is -2.29. The van der Waals surface area contributed by atoms with E-state index < -0.39 is 0 Å². The average Bonchev–Trinajstić information content (AvgIpc) is 2.39. The monoisotopic (exact) mass is 261 g/mol. The molecule has 1 atom stereocenters. The van der Waals surface area contributed by atoms with Gasteiger partial charge in [0.05, 0.1) is 0 Å². The predicted octanol–water partition coefficient (Wildman–Crippen LogP) is 1.45. The molecule has 0 saturated carbocycles. The number of hydrogen-bond acceptors (Lipinski definition) is 2. The van der Waals surface area contributed by atoms with Crippen molar-refractivity contribution in [2.45, 2.75) is 26.2 Å². The van der Waals surface area contributed by atoms with Gasteiger partial charge in [0.1, 0.15) is 0 Å². The van der Waals surface area contributed by atoms with Gasteiger partial charge >= 0.3 is 0 Å². The van der Waals surface area contributed by atoms with Gasteiger partial charge in [0.25, 0.3) is 0 Å². The fraction of sp³-hybridized carbons (Fsp3) is 0.400. The molecule has 103 valence electrons. The van der Waals surface area contributed by atoms with Crippen molar-refractivity contribution >= 4 is 11.8 Å². The van der Waals surface area contributed by atoms with Crippen molar-refractivity contribution in [3.8, 4) is 0 Å². The summed E-state index contributed by atoms with van der Waals surface area (Å²) < 4.78 is 0. The van der Waals surface area contributed by atoms with E-state index in [1.807, 2.05) is 30.3 Å². The SMILES string of the molecule is C[C@H](CCNC(=O)[CH]CCc1ccccc1)C(N)=O.